The van der Waals surface area contributed by atoms with Crippen LogP contribution in [-0.4, -0.2) is 39.3 Å². The Morgan fingerprint density at radius 3 is 2.58 bits per heavy atom. The number of aromatic carboxylic acids is 1. The number of sulfonamides is 1. The second kappa shape index (κ2) is 6.50. The highest BCUT2D eigenvalue weighted by atomic mass is 32.2. The minimum atomic E-state index is -3.95. The molecule has 0 saturated carbocycles. The Bertz CT molecular complexity index is 554. The second-order valence-electron chi connectivity index (χ2n) is 3.55. The summed E-state index contributed by atoms with van der Waals surface area (Å²) >= 11 is 0. The van der Waals surface area contributed by atoms with Crippen molar-refractivity contribution in [3.63, 3.8) is 0 Å². The third kappa shape index (κ3) is 4.51. The molecule has 3 N–H and O–H groups in total. The maximum atomic E-state index is 11.1. The summed E-state index contributed by atoms with van der Waals surface area (Å²) in [6.45, 7) is 2.83. The number of benzene rings is 1. The van der Waals surface area contributed by atoms with E-state index < -0.39 is 16.0 Å². The molecular formula is C11H15NO6S. The lowest BCUT2D eigenvalue weighted by Crippen LogP contribution is -2.14. The van der Waals surface area contributed by atoms with Crippen LogP contribution in [0, 0.1) is 0 Å². The van der Waals surface area contributed by atoms with Gasteiger partial charge >= 0.3 is 5.97 Å². The first-order valence-electron chi connectivity index (χ1n) is 5.47. The van der Waals surface area contributed by atoms with Crippen LogP contribution in [0.2, 0.25) is 0 Å². The second-order valence-corrected chi connectivity index (χ2v) is 5.11. The van der Waals surface area contributed by atoms with E-state index in [9.17, 15) is 13.2 Å². The predicted molar refractivity (Wildman–Crippen MR) is 66.8 cm³/mol. The number of carboxylic acids is 1. The summed E-state index contributed by atoms with van der Waals surface area (Å²) in [7, 11) is -3.95. The smallest absolute Gasteiger partial charge is 0.339 e. The van der Waals surface area contributed by atoms with Crippen LogP contribution >= 0.6 is 0 Å². The van der Waals surface area contributed by atoms with Crippen molar-refractivity contribution in [1.82, 2.24) is 0 Å². The summed E-state index contributed by atoms with van der Waals surface area (Å²) in [6.07, 6.45) is 0. The largest absolute Gasteiger partial charge is 0.490 e. The first-order chi connectivity index (χ1) is 8.86. The molecule has 0 spiro atoms. The van der Waals surface area contributed by atoms with Gasteiger partial charge < -0.3 is 14.6 Å². The number of carbonyl (C=O) groups is 1. The van der Waals surface area contributed by atoms with Gasteiger partial charge in [0.2, 0.25) is 10.0 Å². The molecule has 1 aromatic rings. The van der Waals surface area contributed by atoms with E-state index in [4.69, 9.17) is 19.7 Å². The normalized spacial score (nSPS) is 11.3. The van der Waals surface area contributed by atoms with Gasteiger partial charge in [0.1, 0.15) is 17.9 Å². The van der Waals surface area contributed by atoms with E-state index in [1.54, 1.807) is 0 Å². The van der Waals surface area contributed by atoms with E-state index in [1.807, 2.05) is 6.92 Å². The lowest BCUT2D eigenvalue weighted by atomic mass is 10.2. The van der Waals surface area contributed by atoms with Crippen molar-refractivity contribution in [2.45, 2.75) is 11.8 Å². The molecule has 1 aromatic carbocycles. The molecule has 0 aliphatic heterocycles. The van der Waals surface area contributed by atoms with Crippen LogP contribution in [0.1, 0.15) is 17.3 Å². The number of carboxylic acid groups (broad SMARTS) is 1. The molecule has 8 heteroatoms. The summed E-state index contributed by atoms with van der Waals surface area (Å²) in [5.74, 6) is -1.23. The van der Waals surface area contributed by atoms with Crippen molar-refractivity contribution in [3.05, 3.63) is 23.8 Å². The Kier molecular flexibility index (Phi) is 5.28. The van der Waals surface area contributed by atoms with Gasteiger partial charge in [0.05, 0.1) is 11.5 Å². The monoisotopic (exact) mass is 289 g/mol. The molecular weight excluding hydrogens is 274 g/mol. The Hall–Kier alpha value is -1.64. The molecule has 0 saturated heterocycles. The predicted octanol–water partition coefficient (Wildman–Crippen LogP) is 0.448. The van der Waals surface area contributed by atoms with Gasteiger partial charge in [-0.3, -0.25) is 0 Å². The zero-order valence-corrected chi connectivity index (χ0v) is 11.1. The molecule has 19 heavy (non-hydrogen) atoms. The standard InChI is InChI=1S/C11H15NO6S/c1-2-17-5-6-18-10-4-3-8(19(12,15)16)7-9(10)11(13)14/h3-4,7H,2,5-6H2,1H3,(H,13,14)(H2,12,15,16). The van der Waals surface area contributed by atoms with Gasteiger partial charge in [0.15, 0.2) is 0 Å². The van der Waals surface area contributed by atoms with Crippen molar-refractivity contribution in [2.24, 2.45) is 5.14 Å². The van der Waals surface area contributed by atoms with Crippen molar-refractivity contribution >= 4 is 16.0 Å². The number of primary sulfonamides is 1. The molecule has 0 heterocycles. The molecule has 7 nitrogen and oxygen atoms in total. The highest BCUT2D eigenvalue weighted by Crippen LogP contribution is 2.22. The molecule has 0 radical (unpaired) electrons. The summed E-state index contributed by atoms with van der Waals surface area (Å²) < 4.78 is 32.6. The van der Waals surface area contributed by atoms with Crippen molar-refractivity contribution in [1.29, 1.82) is 0 Å². The first kappa shape index (κ1) is 15.4. The van der Waals surface area contributed by atoms with Gasteiger partial charge in [-0.25, -0.2) is 18.4 Å². The molecule has 106 valence electrons. The molecule has 0 fully saturated rings. The van der Waals surface area contributed by atoms with E-state index in [0.29, 0.717) is 13.2 Å². The van der Waals surface area contributed by atoms with E-state index in [0.717, 1.165) is 6.07 Å². The first-order valence-corrected chi connectivity index (χ1v) is 7.01. The van der Waals surface area contributed by atoms with Crippen LogP contribution in [0.3, 0.4) is 0 Å². The SMILES string of the molecule is CCOCCOc1ccc(S(N)(=O)=O)cc1C(=O)O. The van der Waals surface area contributed by atoms with E-state index in [2.05, 4.69) is 0 Å². The fraction of sp³-hybridized carbons (Fsp3) is 0.364. The highest BCUT2D eigenvalue weighted by Gasteiger charge is 2.16. The quantitative estimate of drug-likeness (QED) is 0.704. The van der Waals surface area contributed by atoms with Crippen molar-refractivity contribution in [3.8, 4) is 5.75 Å². The van der Waals surface area contributed by atoms with Gasteiger partial charge in [-0.15, -0.1) is 0 Å². The molecule has 0 aliphatic carbocycles. The average Bonchev–Trinajstić information content (AvgIpc) is 2.33. The maximum Gasteiger partial charge on any atom is 0.339 e. The fourth-order valence-electron chi connectivity index (χ4n) is 1.33. The van der Waals surface area contributed by atoms with Crippen LogP contribution in [0.15, 0.2) is 23.1 Å². The number of ether oxygens (including phenoxy) is 2. The van der Waals surface area contributed by atoms with Crippen molar-refractivity contribution in [2.75, 3.05) is 19.8 Å². The molecule has 0 unspecified atom stereocenters. The van der Waals surface area contributed by atoms with Crippen LogP contribution in [0.5, 0.6) is 5.75 Å². The van der Waals surface area contributed by atoms with Gasteiger partial charge in [-0.1, -0.05) is 0 Å². The maximum absolute atomic E-state index is 11.1. The summed E-state index contributed by atoms with van der Waals surface area (Å²) in [5, 5.41) is 13.9. The van der Waals surface area contributed by atoms with E-state index >= 15 is 0 Å². The minimum absolute atomic E-state index is 0.0691. The Balaban J connectivity index is 2.96. The third-order valence-corrected chi connectivity index (χ3v) is 3.11. The highest BCUT2D eigenvalue weighted by molar-refractivity contribution is 7.89. The fourth-order valence-corrected chi connectivity index (χ4v) is 1.87. The number of rotatable bonds is 7. The van der Waals surface area contributed by atoms with E-state index in [-0.39, 0.29) is 22.8 Å². The average molecular weight is 289 g/mol. The molecule has 0 atom stereocenters. The third-order valence-electron chi connectivity index (χ3n) is 2.20. The van der Waals surface area contributed by atoms with Gasteiger partial charge in [0.25, 0.3) is 0 Å². The topological polar surface area (TPSA) is 116 Å². The number of hydrogen-bond donors (Lipinski definition) is 2. The lowest BCUT2D eigenvalue weighted by Gasteiger charge is -2.10. The molecule has 0 amide bonds. The van der Waals surface area contributed by atoms with Crippen LogP contribution < -0.4 is 9.88 Å². The summed E-state index contributed by atoms with van der Waals surface area (Å²) in [5.41, 5.74) is -0.261. The molecule has 0 aliphatic rings. The van der Waals surface area contributed by atoms with Gasteiger partial charge in [0, 0.05) is 6.61 Å². The Morgan fingerprint density at radius 2 is 2.05 bits per heavy atom. The summed E-state index contributed by atoms with van der Waals surface area (Å²) in [6, 6.07) is 3.42. The van der Waals surface area contributed by atoms with Gasteiger partial charge in [-0.05, 0) is 25.1 Å². The Morgan fingerprint density at radius 1 is 1.37 bits per heavy atom. The number of hydrogen-bond acceptors (Lipinski definition) is 5. The molecule has 0 bridgehead atoms. The molecule has 1 rings (SSSR count). The van der Waals surface area contributed by atoms with Crippen LogP contribution in [0.4, 0.5) is 0 Å². The number of nitrogens with two attached hydrogens (primary N) is 1. The lowest BCUT2D eigenvalue weighted by molar-refractivity contribution is 0.0686. The minimum Gasteiger partial charge on any atom is -0.490 e. The zero-order valence-electron chi connectivity index (χ0n) is 10.3. The molecule has 0 aromatic heterocycles. The van der Waals surface area contributed by atoms with Gasteiger partial charge in [-0.2, -0.15) is 0 Å². The van der Waals surface area contributed by atoms with E-state index in [1.165, 1.54) is 12.1 Å². The van der Waals surface area contributed by atoms with Crippen LogP contribution in [0.25, 0.3) is 0 Å². The zero-order chi connectivity index (χ0) is 14.5. The van der Waals surface area contributed by atoms with Crippen molar-refractivity contribution < 1.29 is 27.8 Å². The van der Waals surface area contributed by atoms with Crippen LogP contribution in [-0.2, 0) is 14.8 Å². The summed E-state index contributed by atoms with van der Waals surface area (Å²) in [4.78, 5) is 10.8. The Labute approximate surface area is 111 Å².